The molecule has 162 valence electrons. The Balaban J connectivity index is 1.43. The van der Waals surface area contributed by atoms with Crippen LogP contribution in [0.15, 0.2) is 64.0 Å². The van der Waals surface area contributed by atoms with Gasteiger partial charge in [0, 0.05) is 43.5 Å². The van der Waals surface area contributed by atoms with Gasteiger partial charge in [-0.2, -0.15) is 4.31 Å². The molecule has 3 aromatic rings. The number of nitrogens with one attached hydrogen (secondary N) is 1. The van der Waals surface area contributed by atoms with Crippen LogP contribution in [-0.2, 0) is 10.0 Å². The van der Waals surface area contributed by atoms with Gasteiger partial charge in [0.2, 0.25) is 15.8 Å². The Hall–Kier alpha value is -3.01. The first-order chi connectivity index (χ1) is 14.8. The van der Waals surface area contributed by atoms with Crippen LogP contribution in [0.4, 0.5) is 5.69 Å². The van der Waals surface area contributed by atoms with Gasteiger partial charge in [-0.1, -0.05) is 35.0 Å². The van der Waals surface area contributed by atoms with Crippen LogP contribution < -0.4 is 5.32 Å². The second kappa shape index (κ2) is 8.62. The molecule has 31 heavy (non-hydrogen) atoms. The summed E-state index contributed by atoms with van der Waals surface area (Å²) in [4.78, 5) is 14.8. The van der Waals surface area contributed by atoms with Crippen LogP contribution in [0.2, 0.25) is 0 Å². The quantitative estimate of drug-likeness (QED) is 0.656. The van der Waals surface area contributed by atoms with Crippen LogP contribution in [0.5, 0.6) is 0 Å². The third-order valence-corrected chi connectivity index (χ3v) is 7.21. The molecule has 0 unspecified atom stereocenters. The van der Waals surface area contributed by atoms with Crippen molar-refractivity contribution >= 4 is 21.6 Å². The molecule has 0 aliphatic carbocycles. The maximum atomic E-state index is 12.8. The number of hydrogen-bond donors (Lipinski definition) is 1. The van der Waals surface area contributed by atoms with Gasteiger partial charge in [-0.25, -0.2) is 8.42 Å². The lowest BCUT2D eigenvalue weighted by Crippen LogP contribution is -2.46. The highest BCUT2D eigenvalue weighted by Crippen LogP contribution is 2.22. The number of aryl methyl sites for hydroxylation is 1. The summed E-state index contributed by atoms with van der Waals surface area (Å²) in [7, 11) is -1.58. The van der Waals surface area contributed by atoms with Gasteiger partial charge in [0.25, 0.3) is 5.91 Å². The summed E-state index contributed by atoms with van der Waals surface area (Å²) in [6, 6.07) is 15.5. The highest BCUT2D eigenvalue weighted by atomic mass is 32.2. The van der Waals surface area contributed by atoms with E-state index in [0.717, 1.165) is 11.1 Å². The molecule has 9 heteroatoms. The van der Waals surface area contributed by atoms with Gasteiger partial charge in [-0.05, 0) is 38.2 Å². The fraction of sp³-hybridized carbons (Fsp3) is 0.273. The molecule has 0 bridgehead atoms. The molecule has 2 heterocycles. The van der Waals surface area contributed by atoms with E-state index in [9.17, 15) is 13.2 Å². The summed E-state index contributed by atoms with van der Waals surface area (Å²) in [6.45, 7) is 4.33. The predicted molar refractivity (Wildman–Crippen MR) is 117 cm³/mol. The monoisotopic (exact) mass is 440 g/mol. The molecule has 1 aromatic heterocycles. The summed E-state index contributed by atoms with van der Waals surface area (Å²) < 4.78 is 32.3. The number of carbonyl (C=O) groups excluding carboxylic acids is 1. The number of carbonyl (C=O) groups is 1. The molecule has 0 atom stereocenters. The highest BCUT2D eigenvalue weighted by molar-refractivity contribution is 7.89. The van der Waals surface area contributed by atoms with Crippen LogP contribution in [0.3, 0.4) is 0 Å². The molecule has 0 spiro atoms. The third-order valence-electron chi connectivity index (χ3n) is 5.29. The maximum Gasteiger partial charge on any atom is 0.294 e. The molecular weight excluding hydrogens is 416 g/mol. The SMILES string of the molecule is Cc1ccc(-c2cc(C(=O)Nc3ccc(S(=O)(=O)N4CCN(C)CC4)cc3)on2)cc1. The minimum absolute atomic E-state index is 0.0738. The van der Waals surface area contributed by atoms with E-state index in [1.54, 1.807) is 18.2 Å². The van der Waals surface area contributed by atoms with Gasteiger partial charge in [-0.15, -0.1) is 0 Å². The number of rotatable bonds is 5. The molecule has 0 radical (unpaired) electrons. The van der Waals surface area contributed by atoms with Gasteiger partial charge in [0.15, 0.2) is 0 Å². The number of piperazine rings is 1. The third kappa shape index (κ3) is 4.68. The zero-order valence-corrected chi connectivity index (χ0v) is 18.2. The molecule has 0 saturated carbocycles. The Morgan fingerprint density at radius 1 is 1.00 bits per heavy atom. The number of sulfonamides is 1. The van der Waals surface area contributed by atoms with Crippen molar-refractivity contribution in [2.45, 2.75) is 11.8 Å². The van der Waals surface area contributed by atoms with Crippen molar-refractivity contribution in [2.24, 2.45) is 0 Å². The van der Waals surface area contributed by atoms with Crippen molar-refractivity contribution in [2.75, 3.05) is 38.5 Å². The second-order valence-corrected chi connectivity index (χ2v) is 9.57. The van der Waals surface area contributed by atoms with Crippen molar-refractivity contribution in [1.82, 2.24) is 14.4 Å². The summed E-state index contributed by atoms with van der Waals surface area (Å²) in [5.74, 6) is -0.384. The lowest BCUT2D eigenvalue weighted by Gasteiger charge is -2.31. The minimum atomic E-state index is -3.55. The Labute approximate surface area is 181 Å². The lowest BCUT2D eigenvalue weighted by molar-refractivity contribution is 0.0988. The van der Waals surface area contributed by atoms with E-state index < -0.39 is 15.9 Å². The van der Waals surface area contributed by atoms with E-state index in [4.69, 9.17) is 4.52 Å². The molecule has 1 aliphatic rings. The lowest BCUT2D eigenvalue weighted by atomic mass is 10.1. The minimum Gasteiger partial charge on any atom is -0.350 e. The molecule has 1 N–H and O–H groups in total. The molecule has 1 amide bonds. The van der Waals surface area contributed by atoms with Gasteiger partial charge in [-0.3, -0.25) is 4.79 Å². The largest absolute Gasteiger partial charge is 0.350 e. The molecule has 2 aromatic carbocycles. The van der Waals surface area contributed by atoms with Crippen molar-refractivity contribution in [1.29, 1.82) is 0 Å². The van der Waals surface area contributed by atoms with Crippen molar-refractivity contribution in [3.63, 3.8) is 0 Å². The predicted octanol–water partition coefficient (Wildman–Crippen LogP) is 2.84. The fourth-order valence-electron chi connectivity index (χ4n) is 3.32. The van der Waals surface area contributed by atoms with Crippen molar-refractivity contribution in [3.8, 4) is 11.3 Å². The first-order valence-corrected chi connectivity index (χ1v) is 11.4. The molecule has 4 rings (SSSR count). The number of benzene rings is 2. The summed E-state index contributed by atoms with van der Waals surface area (Å²) in [6.07, 6.45) is 0. The number of nitrogens with zero attached hydrogens (tertiary/aromatic N) is 3. The van der Waals surface area contributed by atoms with Crippen LogP contribution >= 0.6 is 0 Å². The van der Waals surface area contributed by atoms with Gasteiger partial charge < -0.3 is 14.7 Å². The summed E-state index contributed by atoms with van der Waals surface area (Å²) in [5.41, 5.74) is 3.02. The van der Waals surface area contributed by atoms with Crippen LogP contribution in [0, 0.1) is 6.92 Å². The molecule has 1 aliphatic heterocycles. The molecule has 1 saturated heterocycles. The van der Waals surface area contributed by atoms with Gasteiger partial charge in [0.05, 0.1) is 4.90 Å². The molecule has 8 nitrogen and oxygen atoms in total. The Morgan fingerprint density at radius 3 is 2.29 bits per heavy atom. The zero-order valence-electron chi connectivity index (χ0n) is 17.4. The van der Waals surface area contributed by atoms with E-state index in [1.807, 2.05) is 38.2 Å². The van der Waals surface area contributed by atoms with E-state index in [0.29, 0.717) is 37.6 Å². The fourth-order valence-corrected chi connectivity index (χ4v) is 4.75. The second-order valence-electron chi connectivity index (χ2n) is 7.63. The van der Waals surface area contributed by atoms with Crippen molar-refractivity contribution < 1.29 is 17.7 Å². The van der Waals surface area contributed by atoms with Crippen molar-refractivity contribution in [3.05, 3.63) is 65.9 Å². The number of aromatic nitrogens is 1. The van der Waals surface area contributed by atoms with E-state index in [2.05, 4.69) is 15.4 Å². The van der Waals surface area contributed by atoms with Crippen LogP contribution in [0.25, 0.3) is 11.3 Å². The number of hydrogen-bond acceptors (Lipinski definition) is 6. The number of likely N-dealkylation sites (N-methyl/N-ethyl adjacent to an activating group) is 1. The van der Waals surface area contributed by atoms with Crippen LogP contribution in [-0.4, -0.2) is 61.9 Å². The standard InChI is InChI=1S/C22H24N4O4S/c1-16-3-5-17(6-4-16)20-15-21(30-24-20)22(27)23-18-7-9-19(10-8-18)31(28,29)26-13-11-25(2)12-14-26/h3-10,15H,11-14H2,1-2H3,(H,23,27). The normalized spacial score (nSPS) is 15.7. The van der Waals surface area contributed by atoms with Crippen LogP contribution in [0.1, 0.15) is 16.1 Å². The first kappa shape index (κ1) is 21.2. The Morgan fingerprint density at radius 2 is 1.65 bits per heavy atom. The van der Waals surface area contributed by atoms with E-state index >= 15 is 0 Å². The topological polar surface area (TPSA) is 95.8 Å². The number of anilines is 1. The first-order valence-electron chi connectivity index (χ1n) is 9.97. The maximum absolute atomic E-state index is 12.8. The number of amides is 1. The average Bonchev–Trinajstić information content (AvgIpc) is 3.25. The van der Waals surface area contributed by atoms with Gasteiger partial charge >= 0.3 is 0 Å². The summed E-state index contributed by atoms with van der Waals surface area (Å²) in [5, 5.41) is 6.67. The molecular formula is C22H24N4O4S. The smallest absolute Gasteiger partial charge is 0.294 e. The zero-order chi connectivity index (χ0) is 22.0. The van der Waals surface area contributed by atoms with Gasteiger partial charge in [0.1, 0.15) is 5.69 Å². The average molecular weight is 441 g/mol. The Kier molecular flexibility index (Phi) is 5.90. The Bertz CT molecular complexity index is 1160. The summed E-state index contributed by atoms with van der Waals surface area (Å²) >= 11 is 0. The molecule has 1 fully saturated rings. The van der Waals surface area contributed by atoms with E-state index in [1.165, 1.54) is 16.4 Å². The van der Waals surface area contributed by atoms with E-state index in [-0.39, 0.29) is 10.7 Å². The highest BCUT2D eigenvalue weighted by Gasteiger charge is 2.27.